The van der Waals surface area contributed by atoms with Crippen LogP contribution in [0.1, 0.15) is 29.1 Å². The number of carbonyl (C=O) groups is 2. The summed E-state index contributed by atoms with van der Waals surface area (Å²) in [4.78, 5) is 25.3. The Labute approximate surface area is 153 Å². The SMILES string of the molecule is Cc1ccc(NC(=O)C(NC(=O)c2cccs2)C(C)C)cc1I. The topological polar surface area (TPSA) is 58.2 Å². The average molecular weight is 442 g/mol. The van der Waals surface area contributed by atoms with Gasteiger partial charge in [0.15, 0.2) is 0 Å². The second kappa shape index (κ2) is 7.92. The predicted octanol–water partition coefficient (Wildman–Crippen LogP) is 4.05. The smallest absolute Gasteiger partial charge is 0.262 e. The number of hydrogen-bond donors (Lipinski definition) is 2. The van der Waals surface area contributed by atoms with Gasteiger partial charge < -0.3 is 10.6 Å². The van der Waals surface area contributed by atoms with Gasteiger partial charge in [0.1, 0.15) is 6.04 Å². The number of rotatable bonds is 5. The fraction of sp³-hybridized carbons (Fsp3) is 0.294. The molecule has 1 unspecified atom stereocenters. The van der Waals surface area contributed by atoms with E-state index in [4.69, 9.17) is 0 Å². The van der Waals surface area contributed by atoms with Crippen molar-refractivity contribution >= 4 is 51.4 Å². The van der Waals surface area contributed by atoms with Crippen molar-refractivity contribution in [2.24, 2.45) is 5.92 Å². The summed E-state index contributed by atoms with van der Waals surface area (Å²) in [6.45, 7) is 5.85. The number of thiophene rings is 1. The van der Waals surface area contributed by atoms with Gasteiger partial charge in [0, 0.05) is 9.26 Å². The molecule has 2 amide bonds. The standard InChI is InChI=1S/C17H19IN2O2S/c1-10(2)15(20-16(21)14-5-4-8-23-14)17(22)19-12-7-6-11(3)13(18)9-12/h4-10,15H,1-3H3,(H,19,22)(H,20,21). The lowest BCUT2D eigenvalue weighted by Crippen LogP contribution is -2.46. The summed E-state index contributed by atoms with van der Waals surface area (Å²) in [5, 5.41) is 7.55. The molecular weight excluding hydrogens is 423 g/mol. The van der Waals surface area contributed by atoms with Crippen molar-refractivity contribution in [1.29, 1.82) is 0 Å². The minimum atomic E-state index is -0.580. The van der Waals surface area contributed by atoms with Crippen molar-refractivity contribution in [3.63, 3.8) is 0 Å². The molecule has 1 aromatic carbocycles. The highest BCUT2D eigenvalue weighted by Gasteiger charge is 2.25. The van der Waals surface area contributed by atoms with E-state index < -0.39 is 6.04 Å². The van der Waals surface area contributed by atoms with Crippen LogP contribution in [-0.4, -0.2) is 17.9 Å². The van der Waals surface area contributed by atoms with Crippen LogP contribution in [0, 0.1) is 16.4 Å². The normalized spacial score (nSPS) is 12.0. The third-order valence-electron chi connectivity index (χ3n) is 3.42. The van der Waals surface area contributed by atoms with Crippen LogP contribution in [0.2, 0.25) is 0 Å². The Kier molecular flexibility index (Phi) is 6.17. The quantitative estimate of drug-likeness (QED) is 0.687. The van der Waals surface area contributed by atoms with Crippen molar-refractivity contribution in [1.82, 2.24) is 5.32 Å². The van der Waals surface area contributed by atoms with Gasteiger partial charge in [0.2, 0.25) is 5.91 Å². The van der Waals surface area contributed by atoms with Crippen molar-refractivity contribution in [3.8, 4) is 0 Å². The van der Waals surface area contributed by atoms with E-state index in [0.29, 0.717) is 4.88 Å². The number of nitrogens with one attached hydrogen (secondary N) is 2. The number of carbonyl (C=O) groups excluding carboxylic acids is 2. The largest absolute Gasteiger partial charge is 0.339 e. The molecule has 1 atom stereocenters. The van der Waals surface area contributed by atoms with Crippen LogP contribution >= 0.6 is 33.9 Å². The number of anilines is 1. The van der Waals surface area contributed by atoms with E-state index in [-0.39, 0.29) is 17.7 Å². The van der Waals surface area contributed by atoms with Crippen LogP contribution < -0.4 is 10.6 Å². The fourth-order valence-corrected chi connectivity index (χ4v) is 3.19. The first-order valence-electron chi connectivity index (χ1n) is 7.30. The fourth-order valence-electron chi connectivity index (χ4n) is 2.05. The van der Waals surface area contributed by atoms with Gasteiger partial charge in [-0.25, -0.2) is 0 Å². The Hall–Kier alpha value is -1.41. The maximum atomic E-state index is 12.5. The first-order chi connectivity index (χ1) is 10.9. The summed E-state index contributed by atoms with van der Waals surface area (Å²) in [6.07, 6.45) is 0. The van der Waals surface area contributed by atoms with Gasteiger partial charge in [-0.2, -0.15) is 0 Å². The molecule has 1 aromatic heterocycles. The van der Waals surface area contributed by atoms with Crippen molar-refractivity contribution < 1.29 is 9.59 Å². The van der Waals surface area contributed by atoms with E-state index in [9.17, 15) is 9.59 Å². The Morgan fingerprint density at radius 3 is 2.52 bits per heavy atom. The van der Waals surface area contributed by atoms with Crippen LogP contribution in [0.5, 0.6) is 0 Å². The monoisotopic (exact) mass is 442 g/mol. The second-order valence-electron chi connectivity index (χ2n) is 5.63. The van der Waals surface area contributed by atoms with Crippen LogP contribution in [0.15, 0.2) is 35.7 Å². The van der Waals surface area contributed by atoms with Crippen molar-refractivity contribution in [2.75, 3.05) is 5.32 Å². The third-order valence-corrected chi connectivity index (χ3v) is 5.45. The molecule has 2 aromatic rings. The molecule has 2 rings (SSSR count). The highest BCUT2D eigenvalue weighted by Crippen LogP contribution is 2.18. The van der Waals surface area contributed by atoms with Gasteiger partial charge >= 0.3 is 0 Å². The molecule has 6 heteroatoms. The molecule has 0 saturated carbocycles. The summed E-state index contributed by atoms with van der Waals surface area (Å²) in [5.74, 6) is -0.430. The van der Waals surface area contributed by atoms with Gasteiger partial charge in [-0.1, -0.05) is 26.0 Å². The molecule has 0 bridgehead atoms. The summed E-state index contributed by atoms with van der Waals surface area (Å²) >= 11 is 3.59. The Morgan fingerprint density at radius 1 is 1.22 bits per heavy atom. The molecule has 0 spiro atoms. The van der Waals surface area contributed by atoms with Crippen LogP contribution in [0.25, 0.3) is 0 Å². The third kappa shape index (κ3) is 4.78. The lowest BCUT2D eigenvalue weighted by atomic mass is 10.0. The lowest BCUT2D eigenvalue weighted by Gasteiger charge is -2.21. The molecule has 0 fully saturated rings. The maximum absolute atomic E-state index is 12.5. The number of hydrogen-bond acceptors (Lipinski definition) is 3. The first-order valence-corrected chi connectivity index (χ1v) is 9.25. The Bertz CT molecular complexity index is 699. The molecular formula is C17H19IN2O2S. The zero-order valence-corrected chi connectivity index (χ0v) is 16.2. The molecule has 1 heterocycles. The van der Waals surface area contributed by atoms with Gasteiger partial charge in [0.05, 0.1) is 4.88 Å². The average Bonchev–Trinajstić information content (AvgIpc) is 3.02. The van der Waals surface area contributed by atoms with Gasteiger partial charge in [-0.15, -0.1) is 11.3 Å². The first kappa shape index (κ1) is 17.9. The molecule has 4 nitrogen and oxygen atoms in total. The second-order valence-corrected chi connectivity index (χ2v) is 7.74. The number of aryl methyl sites for hydroxylation is 1. The van der Waals surface area contributed by atoms with Crippen LogP contribution in [0.4, 0.5) is 5.69 Å². The van der Waals surface area contributed by atoms with E-state index >= 15 is 0 Å². The molecule has 0 aliphatic heterocycles. The Morgan fingerprint density at radius 2 is 1.96 bits per heavy atom. The molecule has 23 heavy (non-hydrogen) atoms. The van der Waals surface area contributed by atoms with E-state index in [1.807, 2.05) is 50.4 Å². The van der Waals surface area contributed by atoms with E-state index in [2.05, 4.69) is 33.2 Å². The Balaban J connectivity index is 2.09. The highest BCUT2D eigenvalue weighted by atomic mass is 127. The van der Waals surface area contributed by atoms with Crippen LogP contribution in [-0.2, 0) is 4.79 Å². The van der Waals surface area contributed by atoms with Gasteiger partial charge in [-0.3, -0.25) is 9.59 Å². The molecule has 0 radical (unpaired) electrons. The van der Waals surface area contributed by atoms with Crippen molar-refractivity contribution in [2.45, 2.75) is 26.8 Å². The summed E-state index contributed by atoms with van der Waals surface area (Å²) in [6, 6.07) is 8.74. The zero-order valence-electron chi connectivity index (χ0n) is 13.2. The molecule has 0 saturated heterocycles. The van der Waals surface area contributed by atoms with E-state index in [0.717, 1.165) is 14.8 Å². The summed E-state index contributed by atoms with van der Waals surface area (Å²) in [5.41, 5.74) is 1.90. The minimum Gasteiger partial charge on any atom is -0.339 e. The molecule has 0 aliphatic rings. The molecule has 2 N–H and O–H groups in total. The number of amides is 2. The number of benzene rings is 1. The molecule has 122 valence electrons. The lowest BCUT2D eigenvalue weighted by molar-refractivity contribution is -0.118. The minimum absolute atomic E-state index is 0.0107. The molecule has 0 aliphatic carbocycles. The summed E-state index contributed by atoms with van der Waals surface area (Å²) in [7, 11) is 0. The van der Waals surface area contributed by atoms with Crippen molar-refractivity contribution in [3.05, 3.63) is 49.7 Å². The summed E-state index contributed by atoms with van der Waals surface area (Å²) < 4.78 is 1.09. The van der Waals surface area contributed by atoms with Gasteiger partial charge in [-0.05, 0) is 64.6 Å². The van der Waals surface area contributed by atoms with E-state index in [1.54, 1.807) is 6.07 Å². The van der Waals surface area contributed by atoms with Crippen LogP contribution in [0.3, 0.4) is 0 Å². The van der Waals surface area contributed by atoms with Gasteiger partial charge in [0.25, 0.3) is 5.91 Å². The maximum Gasteiger partial charge on any atom is 0.262 e. The highest BCUT2D eigenvalue weighted by molar-refractivity contribution is 14.1. The predicted molar refractivity (Wildman–Crippen MR) is 103 cm³/mol. The zero-order chi connectivity index (χ0) is 17.0. The van der Waals surface area contributed by atoms with E-state index in [1.165, 1.54) is 11.3 Å². The number of halogens is 1.